The third kappa shape index (κ3) is 2.06. The molecule has 3 heterocycles. The second-order valence-electron chi connectivity index (χ2n) is 5.88. The third-order valence-electron chi connectivity index (χ3n) is 3.40. The minimum absolute atomic E-state index is 0.320. The van der Waals surface area contributed by atoms with Crippen molar-refractivity contribution < 1.29 is 28.1 Å². The molecule has 0 N–H and O–H groups in total. The van der Waals surface area contributed by atoms with Gasteiger partial charge in [0.15, 0.2) is 24.0 Å². The Hall–Kier alpha value is -0.270. The summed E-state index contributed by atoms with van der Waals surface area (Å²) >= 11 is 0. The van der Waals surface area contributed by atoms with Crippen molar-refractivity contribution in [3.8, 4) is 0 Å². The van der Waals surface area contributed by atoms with E-state index in [2.05, 4.69) is 0 Å². The van der Waals surface area contributed by atoms with Crippen LogP contribution in [0.25, 0.3) is 0 Å². The second-order valence-corrected chi connectivity index (χ2v) is 5.88. The zero-order valence-corrected chi connectivity index (χ0v) is 11.0. The van der Waals surface area contributed by atoms with Gasteiger partial charge in [-0.1, -0.05) is 0 Å². The maximum atomic E-state index is 14.3. The van der Waals surface area contributed by atoms with Crippen molar-refractivity contribution in [1.29, 1.82) is 0 Å². The molecule has 0 radical (unpaired) electrons. The summed E-state index contributed by atoms with van der Waals surface area (Å²) in [5, 5.41) is 0. The van der Waals surface area contributed by atoms with Gasteiger partial charge in [-0.3, -0.25) is 0 Å². The lowest BCUT2D eigenvalue weighted by Gasteiger charge is -2.25. The monoisotopic (exact) mass is 262 g/mol. The zero-order valence-electron chi connectivity index (χ0n) is 11.0. The van der Waals surface area contributed by atoms with Crippen molar-refractivity contribution in [3.05, 3.63) is 0 Å². The van der Waals surface area contributed by atoms with Crippen LogP contribution in [0.4, 0.5) is 4.39 Å². The van der Waals surface area contributed by atoms with Crippen molar-refractivity contribution in [2.75, 3.05) is 6.61 Å². The van der Waals surface area contributed by atoms with Crippen LogP contribution in [0, 0.1) is 0 Å². The number of hydrogen-bond donors (Lipinski definition) is 0. The minimum Gasteiger partial charge on any atom is -0.348 e. The first-order chi connectivity index (χ1) is 8.27. The fraction of sp³-hybridized carbons (Fsp3) is 1.00. The van der Waals surface area contributed by atoms with Gasteiger partial charge in [-0.25, -0.2) is 4.39 Å². The molecule has 5 atom stereocenters. The van der Waals surface area contributed by atoms with Gasteiger partial charge in [0.2, 0.25) is 0 Å². The Morgan fingerprint density at radius 2 is 1.67 bits per heavy atom. The highest BCUT2D eigenvalue weighted by molar-refractivity contribution is 4.97. The minimum atomic E-state index is -1.26. The molecule has 5 nitrogen and oxygen atoms in total. The van der Waals surface area contributed by atoms with E-state index in [0.29, 0.717) is 6.61 Å². The van der Waals surface area contributed by atoms with Crippen LogP contribution in [-0.4, -0.2) is 49.0 Å². The maximum absolute atomic E-state index is 14.3. The van der Waals surface area contributed by atoms with Gasteiger partial charge < -0.3 is 23.7 Å². The van der Waals surface area contributed by atoms with E-state index in [-0.39, 0.29) is 0 Å². The summed E-state index contributed by atoms with van der Waals surface area (Å²) in [7, 11) is 0. The van der Waals surface area contributed by atoms with Gasteiger partial charge in [0, 0.05) is 0 Å². The molecule has 3 aliphatic heterocycles. The zero-order chi connectivity index (χ0) is 13.1. The molecule has 104 valence electrons. The van der Waals surface area contributed by atoms with Crippen molar-refractivity contribution >= 4 is 0 Å². The smallest absolute Gasteiger partial charge is 0.190 e. The second kappa shape index (κ2) is 3.86. The van der Waals surface area contributed by atoms with Crippen molar-refractivity contribution in [1.82, 2.24) is 0 Å². The van der Waals surface area contributed by atoms with E-state index in [1.807, 2.05) is 0 Å². The van der Waals surface area contributed by atoms with Crippen molar-refractivity contribution in [3.63, 3.8) is 0 Å². The van der Waals surface area contributed by atoms with Crippen LogP contribution in [0.1, 0.15) is 27.7 Å². The predicted octanol–water partition coefficient (Wildman–Crippen LogP) is 1.35. The van der Waals surface area contributed by atoms with Gasteiger partial charge in [0.05, 0.1) is 6.61 Å². The normalized spacial score (nSPS) is 49.5. The number of alkyl halides is 1. The lowest BCUT2D eigenvalue weighted by molar-refractivity contribution is -0.227. The van der Waals surface area contributed by atoms with E-state index in [0.717, 1.165) is 0 Å². The topological polar surface area (TPSA) is 46.2 Å². The van der Waals surface area contributed by atoms with E-state index < -0.39 is 42.3 Å². The summed E-state index contributed by atoms with van der Waals surface area (Å²) in [6, 6.07) is 0. The maximum Gasteiger partial charge on any atom is 0.190 e. The van der Waals surface area contributed by atoms with Crippen molar-refractivity contribution in [2.24, 2.45) is 0 Å². The van der Waals surface area contributed by atoms with E-state index >= 15 is 0 Å². The van der Waals surface area contributed by atoms with Crippen molar-refractivity contribution in [2.45, 2.75) is 70.0 Å². The summed E-state index contributed by atoms with van der Waals surface area (Å²) in [6.07, 6.45) is -3.72. The summed E-state index contributed by atoms with van der Waals surface area (Å²) in [5.41, 5.74) is 0. The highest BCUT2D eigenvalue weighted by Gasteiger charge is 2.58. The molecular formula is C12H19FO5. The third-order valence-corrected chi connectivity index (χ3v) is 3.40. The lowest BCUT2D eigenvalue weighted by Crippen LogP contribution is -2.40. The number of rotatable bonds is 1. The Kier molecular flexibility index (Phi) is 2.74. The highest BCUT2D eigenvalue weighted by atomic mass is 19.1. The van der Waals surface area contributed by atoms with E-state index in [4.69, 9.17) is 23.7 Å². The SMILES string of the molecule is CC1(C)OCC([C@H]2O[C@@H]3OC(C)(C)OC3C2F)O1. The van der Waals surface area contributed by atoms with Crippen LogP contribution < -0.4 is 0 Å². The molecule has 3 unspecified atom stereocenters. The van der Waals surface area contributed by atoms with Gasteiger partial charge in [0.25, 0.3) is 0 Å². The Labute approximate surface area is 105 Å². The van der Waals surface area contributed by atoms with Crippen LogP contribution in [0.15, 0.2) is 0 Å². The standard InChI is InChI=1S/C12H19FO5/c1-11(2)14-5-6(16-11)8-7(13)9-10(15-8)18-12(3,4)17-9/h6-10H,5H2,1-4H3/t6?,7?,8-,9?,10-/m1/s1. The summed E-state index contributed by atoms with van der Waals surface area (Å²) in [4.78, 5) is 0. The average molecular weight is 262 g/mol. The summed E-state index contributed by atoms with van der Waals surface area (Å²) in [5.74, 6) is -1.48. The molecule has 0 aromatic heterocycles. The van der Waals surface area contributed by atoms with Gasteiger partial charge in [-0.05, 0) is 27.7 Å². The largest absolute Gasteiger partial charge is 0.348 e. The first-order valence-corrected chi connectivity index (χ1v) is 6.24. The number of ether oxygens (including phenoxy) is 5. The molecule has 0 bridgehead atoms. The summed E-state index contributed by atoms with van der Waals surface area (Å²) in [6.45, 7) is 7.41. The van der Waals surface area contributed by atoms with Gasteiger partial charge in [0.1, 0.15) is 18.3 Å². The first kappa shape index (κ1) is 12.7. The van der Waals surface area contributed by atoms with Crippen LogP contribution in [0.2, 0.25) is 0 Å². The van der Waals surface area contributed by atoms with Gasteiger partial charge in [-0.2, -0.15) is 0 Å². The highest BCUT2D eigenvalue weighted by Crippen LogP contribution is 2.41. The first-order valence-electron chi connectivity index (χ1n) is 6.24. The molecule has 3 fully saturated rings. The molecule has 0 spiro atoms. The lowest BCUT2D eigenvalue weighted by atomic mass is 10.1. The summed E-state index contributed by atoms with van der Waals surface area (Å²) < 4.78 is 42.0. The molecule has 3 rings (SSSR count). The molecule has 0 saturated carbocycles. The molecule has 0 amide bonds. The van der Waals surface area contributed by atoms with E-state index in [1.165, 1.54) is 0 Å². The molecule has 3 aliphatic rings. The number of hydrogen-bond acceptors (Lipinski definition) is 5. The number of halogens is 1. The molecule has 0 aromatic rings. The molecule has 3 saturated heterocycles. The Morgan fingerprint density at radius 3 is 2.22 bits per heavy atom. The predicted molar refractivity (Wildman–Crippen MR) is 58.5 cm³/mol. The van der Waals surface area contributed by atoms with Gasteiger partial charge >= 0.3 is 0 Å². The average Bonchev–Trinajstić information content (AvgIpc) is 2.81. The number of fused-ring (bicyclic) bond motifs is 1. The van der Waals surface area contributed by atoms with E-state index in [9.17, 15) is 4.39 Å². The van der Waals surface area contributed by atoms with Crippen LogP contribution in [0.5, 0.6) is 0 Å². The quantitative estimate of drug-likeness (QED) is 0.714. The molecule has 18 heavy (non-hydrogen) atoms. The molecule has 0 aromatic carbocycles. The Morgan fingerprint density at radius 1 is 0.944 bits per heavy atom. The van der Waals surface area contributed by atoms with Crippen LogP contribution in [0.3, 0.4) is 0 Å². The Balaban J connectivity index is 1.68. The molecule has 6 heteroatoms. The molecule has 0 aliphatic carbocycles. The fourth-order valence-electron chi connectivity index (χ4n) is 2.67. The van der Waals surface area contributed by atoms with Crippen LogP contribution in [-0.2, 0) is 23.7 Å². The molecular weight excluding hydrogens is 243 g/mol. The van der Waals surface area contributed by atoms with E-state index in [1.54, 1.807) is 27.7 Å². The van der Waals surface area contributed by atoms with Gasteiger partial charge in [-0.15, -0.1) is 0 Å². The van der Waals surface area contributed by atoms with Crippen LogP contribution >= 0.6 is 0 Å². The fourth-order valence-corrected chi connectivity index (χ4v) is 2.67. The Bertz CT molecular complexity index is 345.